The second-order valence-electron chi connectivity index (χ2n) is 6.08. The Labute approximate surface area is 142 Å². The predicted octanol–water partition coefficient (Wildman–Crippen LogP) is 2.52. The Morgan fingerprint density at radius 3 is 2.71 bits per heavy atom. The first-order valence-corrected chi connectivity index (χ1v) is 9.30. The van der Waals surface area contributed by atoms with Crippen LogP contribution in [0.4, 0.5) is 5.69 Å². The van der Waals surface area contributed by atoms with Crippen LogP contribution >= 0.6 is 0 Å². The molecule has 6 nitrogen and oxygen atoms in total. The maximum Gasteiger partial charge on any atom is 0.244 e. The highest BCUT2D eigenvalue weighted by Crippen LogP contribution is 2.33. The third-order valence-corrected chi connectivity index (χ3v) is 6.49. The number of carbonyl (C=O) groups excluding carboxylic acids is 1. The van der Waals surface area contributed by atoms with Crippen LogP contribution in [0.3, 0.4) is 0 Å². The SMILES string of the molecule is CC(=O)Nc1ccc(C)c(S(=O)(=O)N2CCn3cccc3C2C)c1. The summed E-state index contributed by atoms with van der Waals surface area (Å²) in [6.45, 7) is 6.12. The molecule has 0 bridgehead atoms. The minimum Gasteiger partial charge on any atom is -0.349 e. The number of fused-ring (bicyclic) bond motifs is 1. The van der Waals surface area contributed by atoms with Gasteiger partial charge in [0, 0.05) is 37.6 Å². The summed E-state index contributed by atoms with van der Waals surface area (Å²) in [7, 11) is -3.65. The Morgan fingerprint density at radius 1 is 1.25 bits per heavy atom. The molecule has 0 radical (unpaired) electrons. The van der Waals surface area contributed by atoms with Gasteiger partial charge in [0.2, 0.25) is 15.9 Å². The smallest absolute Gasteiger partial charge is 0.244 e. The van der Waals surface area contributed by atoms with E-state index in [2.05, 4.69) is 9.88 Å². The standard InChI is InChI=1S/C17H21N3O3S/c1-12-6-7-15(18-14(3)21)11-17(12)24(22,23)20-10-9-19-8-4-5-16(19)13(20)2/h4-8,11,13H,9-10H2,1-3H3,(H,18,21). The molecule has 1 aromatic heterocycles. The van der Waals surface area contributed by atoms with Gasteiger partial charge in [-0.3, -0.25) is 4.79 Å². The maximum atomic E-state index is 13.2. The van der Waals surface area contributed by atoms with Crippen molar-refractivity contribution in [3.05, 3.63) is 47.8 Å². The highest BCUT2D eigenvalue weighted by Gasteiger charge is 2.34. The molecule has 1 aliphatic heterocycles. The zero-order valence-electron chi connectivity index (χ0n) is 14.0. The van der Waals surface area contributed by atoms with Crippen LogP contribution in [0.25, 0.3) is 0 Å². The molecule has 24 heavy (non-hydrogen) atoms. The topological polar surface area (TPSA) is 71.4 Å². The maximum absolute atomic E-state index is 13.2. The molecule has 7 heteroatoms. The number of benzene rings is 1. The Hall–Kier alpha value is -2.12. The van der Waals surface area contributed by atoms with E-state index < -0.39 is 10.0 Å². The highest BCUT2D eigenvalue weighted by atomic mass is 32.2. The van der Waals surface area contributed by atoms with Crippen LogP contribution < -0.4 is 5.32 Å². The van der Waals surface area contributed by atoms with Crippen LogP contribution in [-0.4, -0.2) is 29.7 Å². The van der Waals surface area contributed by atoms with E-state index in [0.717, 1.165) is 5.69 Å². The van der Waals surface area contributed by atoms with Crippen molar-refractivity contribution in [2.24, 2.45) is 0 Å². The average molecular weight is 347 g/mol. The van der Waals surface area contributed by atoms with E-state index >= 15 is 0 Å². The number of aryl methyl sites for hydroxylation is 1. The summed E-state index contributed by atoms with van der Waals surface area (Å²) >= 11 is 0. The molecule has 0 spiro atoms. The number of sulfonamides is 1. The monoisotopic (exact) mass is 347 g/mol. The molecule has 0 saturated heterocycles. The van der Waals surface area contributed by atoms with Crippen LogP contribution in [0.1, 0.15) is 31.1 Å². The second-order valence-corrected chi connectivity index (χ2v) is 7.94. The van der Waals surface area contributed by atoms with Gasteiger partial charge in [-0.1, -0.05) is 6.07 Å². The number of aromatic nitrogens is 1. The Bertz CT molecular complexity index is 886. The van der Waals surface area contributed by atoms with Gasteiger partial charge in [-0.25, -0.2) is 8.42 Å². The fourth-order valence-electron chi connectivity index (χ4n) is 3.17. The van der Waals surface area contributed by atoms with E-state index in [1.54, 1.807) is 19.1 Å². The summed E-state index contributed by atoms with van der Waals surface area (Å²) in [5.41, 5.74) is 2.14. The normalized spacial score (nSPS) is 18.2. The number of rotatable bonds is 3. The lowest BCUT2D eigenvalue weighted by molar-refractivity contribution is -0.114. The molecule has 1 aromatic carbocycles. The van der Waals surface area contributed by atoms with Gasteiger partial charge in [0.05, 0.1) is 10.9 Å². The predicted molar refractivity (Wildman–Crippen MR) is 92.2 cm³/mol. The van der Waals surface area contributed by atoms with Gasteiger partial charge in [-0.2, -0.15) is 4.31 Å². The molecule has 1 unspecified atom stereocenters. The zero-order chi connectivity index (χ0) is 17.5. The zero-order valence-corrected chi connectivity index (χ0v) is 14.8. The van der Waals surface area contributed by atoms with Crippen molar-refractivity contribution in [2.75, 3.05) is 11.9 Å². The molecular weight excluding hydrogens is 326 g/mol. The van der Waals surface area contributed by atoms with Gasteiger partial charge >= 0.3 is 0 Å². The summed E-state index contributed by atoms with van der Waals surface area (Å²) in [6.07, 6.45) is 1.97. The van der Waals surface area contributed by atoms with Crippen molar-refractivity contribution in [1.29, 1.82) is 0 Å². The van der Waals surface area contributed by atoms with Gasteiger partial charge in [0.1, 0.15) is 0 Å². The summed E-state index contributed by atoms with van der Waals surface area (Å²) in [5, 5.41) is 2.64. The Balaban J connectivity index is 2.01. The van der Waals surface area contributed by atoms with Crippen molar-refractivity contribution in [3.8, 4) is 0 Å². The third-order valence-electron chi connectivity index (χ3n) is 4.38. The molecule has 2 aromatic rings. The first kappa shape index (κ1) is 16.7. The van der Waals surface area contributed by atoms with E-state index in [4.69, 9.17) is 0 Å². The average Bonchev–Trinajstić information content (AvgIpc) is 2.98. The second kappa shape index (κ2) is 6.07. The number of hydrogen-bond donors (Lipinski definition) is 1. The van der Waals surface area contributed by atoms with Crippen molar-refractivity contribution >= 4 is 21.6 Å². The first-order valence-electron chi connectivity index (χ1n) is 7.86. The minimum absolute atomic E-state index is 0.230. The quantitative estimate of drug-likeness (QED) is 0.927. The van der Waals surface area contributed by atoms with E-state index in [9.17, 15) is 13.2 Å². The van der Waals surface area contributed by atoms with E-state index in [0.29, 0.717) is 24.3 Å². The molecule has 0 fully saturated rings. The summed E-state index contributed by atoms with van der Waals surface area (Å²) in [5.74, 6) is -0.230. The van der Waals surface area contributed by atoms with Gasteiger partial charge in [0.25, 0.3) is 0 Å². The highest BCUT2D eigenvalue weighted by molar-refractivity contribution is 7.89. The lowest BCUT2D eigenvalue weighted by Crippen LogP contribution is -2.40. The largest absolute Gasteiger partial charge is 0.349 e. The van der Waals surface area contributed by atoms with Crippen LogP contribution in [0, 0.1) is 6.92 Å². The molecule has 1 N–H and O–H groups in total. The van der Waals surface area contributed by atoms with Gasteiger partial charge in [0.15, 0.2) is 0 Å². The van der Waals surface area contributed by atoms with Crippen molar-refractivity contribution < 1.29 is 13.2 Å². The van der Waals surface area contributed by atoms with Crippen molar-refractivity contribution in [1.82, 2.24) is 8.87 Å². The van der Waals surface area contributed by atoms with Crippen LogP contribution in [0.15, 0.2) is 41.4 Å². The molecule has 128 valence electrons. The molecule has 0 aliphatic carbocycles. The van der Waals surface area contributed by atoms with Crippen LogP contribution in [0.2, 0.25) is 0 Å². The van der Waals surface area contributed by atoms with E-state index in [1.165, 1.54) is 17.3 Å². The number of hydrogen-bond acceptors (Lipinski definition) is 3. The van der Waals surface area contributed by atoms with Crippen LogP contribution in [0.5, 0.6) is 0 Å². The summed E-state index contributed by atoms with van der Waals surface area (Å²) < 4.78 is 30.0. The minimum atomic E-state index is -3.65. The Morgan fingerprint density at radius 2 is 2.00 bits per heavy atom. The molecular formula is C17H21N3O3S. The van der Waals surface area contributed by atoms with Crippen LogP contribution in [-0.2, 0) is 21.4 Å². The molecule has 1 amide bonds. The summed E-state index contributed by atoms with van der Waals surface area (Å²) in [4.78, 5) is 11.5. The molecule has 1 atom stereocenters. The van der Waals surface area contributed by atoms with Crippen molar-refractivity contribution in [3.63, 3.8) is 0 Å². The summed E-state index contributed by atoms with van der Waals surface area (Å²) in [6, 6.07) is 8.61. The number of anilines is 1. The van der Waals surface area contributed by atoms with E-state index in [1.807, 2.05) is 25.3 Å². The third kappa shape index (κ3) is 2.85. The molecule has 0 saturated carbocycles. The number of nitrogens with one attached hydrogen (secondary N) is 1. The lowest BCUT2D eigenvalue weighted by Gasteiger charge is -2.34. The Kier molecular flexibility index (Phi) is 4.23. The molecule has 3 rings (SSSR count). The van der Waals surface area contributed by atoms with E-state index in [-0.39, 0.29) is 16.8 Å². The fourth-order valence-corrected chi connectivity index (χ4v) is 5.02. The van der Waals surface area contributed by atoms with Crippen molar-refractivity contribution in [2.45, 2.75) is 38.3 Å². The number of nitrogens with zero attached hydrogens (tertiary/aromatic N) is 2. The fraction of sp³-hybridized carbons (Fsp3) is 0.353. The molecule has 2 heterocycles. The number of carbonyl (C=O) groups is 1. The first-order chi connectivity index (χ1) is 11.3. The van der Waals surface area contributed by atoms with Gasteiger partial charge in [-0.15, -0.1) is 0 Å². The molecule has 1 aliphatic rings. The number of amides is 1. The van der Waals surface area contributed by atoms with Gasteiger partial charge in [-0.05, 0) is 43.7 Å². The van der Waals surface area contributed by atoms with Gasteiger partial charge < -0.3 is 9.88 Å². The lowest BCUT2D eigenvalue weighted by atomic mass is 10.2.